The molecule has 0 saturated carbocycles. The van der Waals surface area contributed by atoms with E-state index in [1.54, 1.807) is 0 Å². The molecule has 11 aromatic rings. The van der Waals surface area contributed by atoms with Crippen molar-refractivity contribution in [1.82, 2.24) is 0 Å². The van der Waals surface area contributed by atoms with Gasteiger partial charge in [0, 0.05) is 62.1 Å². The molecule has 0 aliphatic heterocycles. The van der Waals surface area contributed by atoms with Crippen LogP contribution in [0.25, 0.3) is 43.9 Å². The molecule has 0 spiro atoms. The van der Waals surface area contributed by atoms with E-state index in [0.29, 0.717) is 5.02 Å². The van der Waals surface area contributed by atoms with E-state index in [2.05, 4.69) is 130 Å². The van der Waals surface area contributed by atoms with Gasteiger partial charge in [-0.1, -0.05) is 139 Å². The highest BCUT2D eigenvalue weighted by atomic mass is 35.5. The average Bonchev–Trinajstić information content (AvgIpc) is 3.87. The quantitative estimate of drug-likeness (QED) is 0.166. The van der Waals surface area contributed by atoms with Crippen molar-refractivity contribution in [3.05, 3.63) is 229 Å². The minimum atomic E-state index is 0.647. The van der Waals surface area contributed by atoms with Crippen LogP contribution < -0.4 is 15.1 Å². The number of furan rings is 2. The standard InChI is InChI=1S/C30H22N2O.C24H16ClNO/c1-4-12-22(13-5-1)31-23-20-27(30-26-18-10-11-19-28(26)33-29(30)21-23)32(24-14-6-2-7-15-24)25-16-8-3-9-17-25;25-17-15-21(24-20-13-7-8-14-22(20)27-23(24)16-17)26(18-9-3-1-4-10-18)19-11-5-2-6-12-19/h1-21,31H;1-16H. The summed E-state index contributed by atoms with van der Waals surface area (Å²) in [5.41, 5.74) is 11.8. The maximum absolute atomic E-state index is 6.48. The number of anilines is 8. The highest BCUT2D eigenvalue weighted by molar-refractivity contribution is 6.32. The Morgan fingerprint density at radius 1 is 0.333 bits per heavy atom. The van der Waals surface area contributed by atoms with Gasteiger partial charge in [0.25, 0.3) is 0 Å². The van der Waals surface area contributed by atoms with E-state index in [0.717, 1.165) is 89.4 Å². The Labute approximate surface area is 352 Å². The van der Waals surface area contributed by atoms with Crippen molar-refractivity contribution in [3.8, 4) is 0 Å². The number of hydrogen-bond acceptors (Lipinski definition) is 5. The number of para-hydroxylation sites is 7. The van der Waals surface area contributed by atoms with Crippen LogP contribution in [-0.2, 0) is 0 Å². The van der Waals surface area contributed by atoms with Crippen LogP contribution in [0, 0.1) is 0 Å². The Morgan fingerprint density at radius 3 is 1.15 bits per heavy atom. The number of hydrogen-bond donors (Lipinski definition) is 1. The lowest BCUT2D eigenvalue weighted by Crippen LogP contribution is -2.10. The van der Waals surface area contributed by atoms with Crippen molar-refractivity contribution in [2.75, 3.05) is 15.1 Å². The molecule has 0 fully saturated rings. The zero-order valence-corrected chi connectivity index (χ0v) is 33.2. The Kier molecular flexibility index (Phi) is 9.92. The lowest BCUT2D eigenvalue weighted by Gasteiger charge is -2.26. The summed E-state index contributed by atoms with van der Waals surface area (Å²) < 4.78 is 12.4. The van der Waals surface area contributed by atoms with Gasteiger partial charge in [0.15, 0.2) is 0 Å². The van der Waals surface area contributed by atoms with Crippen LogP contribution >= 0.6 is 11.6 Å². The maximum Gasteiger partial charge on any atom is 0.139 e. The third kappa shape index (κ3) is 7.19. The first kappa shape index (κ1) is 36.6. The van der Waals surface area contributed by atoms with Crippen molar-refractivity contribution in [1.29, 1.82) is 0 Å². The molecule has 288 valence electrons. The number of benzene rings is 9. The topological polar surface area (TPSA) is 44.8 Å². The molecule has 11 rings (SSSR count). The predicted molar refractivity (Wildman–Crippen MR) is 252 cm³/mol. The fourth-order valence-corrected chi connectivity index (χ4v) is 8.11. The Morgan fingerprint density at radius 2 is 0.700 bits per heavy atom. The second kappa shape index (κ2) is 16.3. The van der Waals surface area contributed by atoms with Crippen molar-refractivity contribution < 1.29 is 8.83 Å². The second-order valence-corrected chi connectivity index (χ2v) is 14.8. The van der Waals surface area contributed by atoms with E-state index in [4.69, 9.17) is 20.4 Å². The van der Waals surface area contributed by atoms with Crippen LogP contribution in [0.2, 0.25) is 5.02 Å². The van der Waals surface area contributed by atoms with Gasteiger partial charge in [-0.05, 0) is 84.9 Å². The Balaban J connectivity index is 0.000000147. The zero-order valence-electron chi connectivity index (χ0n) is 32.5. The van der Waals surface area contributed by atoms with Gasteiger partial charge in [-0.15, -0.1) is 0 Å². The van der Waals surface area contributed by atoms with E-state index >= 15 is 0 Å². The minimum absolute atomic E-state index is 0.647. The SMILES string of the molecule is Clc1cc(N(c2ccccc2)c2ccccc2)c2c(c1)oc1ccccc12.c1ccc(Nc2cc(N(c3ccccc3)c3ccccc3)c3c(c2)oc2ccccc23)cc1. The molecule has 0 unspecified atom stereocenters. The second-order valence-electron chi connectivity index (χ2n) is 14.4. The first-order valence-corrected chi connectivity index (χ1v) is 20.2. The van der Waals surface area contributed by atoms with E-state index in [-0.39, 0.29) is 0 Å². The summed E-state index contributed by atoms with van der Waals surface area (Å²) in [7, 11) is 0. The smallest absolute Gasteiger partial charge is 0.139 e. The molecule has 9 aromatic carbocycles. The van der Waals surface area contributed by atoms with Crippen LogP contribution in [0.1, 0.15) is 0 Å². The summed E-state index contributed by atoms with van der Waals surface area (Å²) in [6, 6.07) is 76.2. The molecule has 5 nitrogen and oxygen atoms in total. The number of rotatable bonds is 8. The summed E-state index contributed by atoms with van der Waals surface area (Å²) in [6.07, 6.45) is 0. The van der Waals surface area contributed by atoms with Gasteiger partial charge < -0.3 is 24.0 Å². The van der Waals surface area contributed by atoms with Gasteiger partial charge in [-0.2, -0.15) is 0 Å². The van der Waals surface area contributed by atoms with Gasteiger partial charge in [0.1, 0.15) is 22.3 Å². The third-order valence-corrected chi connectivity index (χ3v) is 10.7. The van der Waals surface area contributed by atoms with Crippen LogP contribution in [0.5, 0.6) is 0 Å². The number of fused-ring (bicyclic) bond motifs is 6. The molecule has 0 amide bonds. The van der Waals surface area contributed by atoms with Crippen LogP contribution in [0.4, 0.5) is 45.5 Å². The van der Waals surface area contributed by atoms with Crippen molar-refractivity contribution in [3.63, 3.8) is 0 Å². The molecule has 2 heterocycles. The Hall–Kier alpha value is -7.73. The lowest BCUT2D eigenvalue weighted by atomic mass is 10.1. The van der Waals surface area contributed by atoms with Gasteiger partial charge in [-0.25, -0.2) is 0 Å². The van der Waals surface area contributed by atoms with Crippen molar-refractivity contribution >= 4 is 101 Å². The van der Waals surface area contributed by atoms with Crippen LogP contribution in [0.3, 0.4) is 0 Å². The first-order valence-electron chi connectivity index (χ1n) is 19.9. The molecule has 0 bridgehead atoms. The molecular formula is C54H38ClN3O2. The normalized spacial score (nSPS) is 11.1. The minimum Gasteiger partial charge on any atom is -0.456 e. The molecule has 0 atom stereocenters. The highest BCUT2D eigenvalue weighted by Gasteiger charge is 2.22. The first-order chi connectivity index (χ1) is 29.7. The summed E-state index contributed by atoms with van der Waals surface area (Å²) in [5.74, 6) is 0. The monoisotopic (exact) mass is 795 g/mol. The fraction of sp³-hybridized carbons (Fsp3) is 0. The average molecular weight is 796 g/mol. The fourth-order valence-electron chi connectivity index (χ4n) is 7.91. The number of halogens is 1. The largest absolute Gasteiger partial charge is 0.456 e. The van der Waals surface area contributed by atoms with Crippen molar-refractivity contribution in [2.24, 2.45) is 0 Å². The van der Waals surface area contributed by atoms with E-state index in [1.807, 2.05) is 109 Å². The molecule has 1 N–H and O–H groups in total. The van der Waals surface area contributed by atoms with Crippen LogP contribution in [0.15, 0.2) is 233 Å². The molecule has 2 aromatic heterocycles. The van der Waals surface area contributed by atoms with Crippen LogP contribution in [-0.4, -0.2) is 0 Å². The molecule has 6 heteroatoms. The Bertz CT molecular complexity index is 3110. The van der Waals surface area contributed by atoms with Gasteiger partial charge in [0.05, 0.1) is 22.1 Å². The van der Waals surface area contributed by atoms with Gasteiger partial charge in [-0.3, -0.25) is 0 Å². The predicted octanol–water partition coefficient (Wildman–Crippen LogP) is 16.5. The summed E-state index contributed by atoms with van der Waals surface area (Å²) in [5, 5.41) is 8.53. The van der Waals surface area contributed by atoms with E-state index < -0.39 is 0 Å². The summed E-state index contributed by atoms with van der Waals surface area (Å²) in [4.78, 5) is 4.51. The van der Waals surface area contributed by atoms with Crippen molar-refractivity contribution in [2.45, 2.75) is 0 Å². The van der Waals surface area contributed by atoms with E-state index in [9.17, 15) is 0 Å². The van der Waals surface area contributed by atoms with Gasteiger partial charge in [0.2, 0.25) is 0 Å². The molecule has 0 aliphatic carbocycles. The summed E-state index contributed by atoms with van der Waals surface area (Å²) in [6.45, 7) is 0. The molecule has 0 aliphatic rings. The molecule has 60 heavy (non-hydrogen) atoms. The zero-order chi connectivity index (χ0) is 40.3. The van der Waals surface area contributed by atoms with Gasteiger partial charge >= 0.3 is 0 Å². The van der Waals surface area contributed by atoms with E-state index in [1.165, 1.54) is 0 Å². The lowest BCUT2D eigenvalue weighted by molar-refractivity contribution is 0.668. The number of nitrogens with one attached hydrogen (secondary N) is 1. The molecule has 0 saturated heterocycles. The third-order valence-electron chi connectivity index (χ3n) is 10.5. The highest BCUT2D eigenvalue weighted by Crippen LogP contribution is 2.46. The summed E-state index contributed by atoms with van der Waals surface area (Å²) >= 11 is 6.48. The molecule has 0 radical (unpaired) electrons. The molecular weight excluding hydrogens is 758 g/mol. The maximum atomic E-state index is 6.48. The number of nitrogens with zero attached hydrogens (tertiary/aromatic N) is 2.